The molecular weight excluding hydrogens is 394 g/mol. The summed E-state index contributed by atoms with van der Waals surface area (Å²) in [6.07, 6.45) is 0.250. The largest absolute Gasteiger partial charge is 0.357 e. The molecule has 148 valence electrons. The van der Waals surface area contributed by atoms with Crippen molar-refractivity contribution < 1.29 is 19.2 Å². The van der Waals surface area contributed by atoms with Crippen molar-refractivity contribution in [3.05, 3.63) is 45.5 Å². The molecule has 5 rings (SSSR count). The Labute approximate surface area is 169 Å². The molecule has 1 unspecified atom stereocenters. The van der Waals surface area contributed by atoms with Crippen LogP contribution in [0, 0.1) is 0 Å². The zero-order chi connectivity index (χ0) is 20.1. The average molecular weight is 411 g/mol. The van der Waals surface area contributed by atoms with Crippen LogP contribution in [0.2, 0.25) is 0 Å². The Balaban J connectivity index is 1.33. The van der Waals surface area contributed by atoms with E-state index in [0.717, 1.165) is 34.4 Å². The molecule has 1 saturated heterocycles. The predicted octanol–water partition coefficient (Wildman–Crippen LogP) is 0.760. The van der Waals surface area contributed by atoms with E-state index in [0.29, 0.717) is 6.54 Å². The van der Waals surface area contributed by atoms with E-state index in [9.17, 15) is 19.2 Å². The number of amides is 4. The maximum atomic E-state index is 12.9. The summed E-state index contributed by atoms with van der Waals surface area (Å²) in [7, 11) is 0. The standard InChI is InChI=1S/C19H17N5O4S/c25-15-4-3-13(16(26)23-15)24-17(27)10-2-1-9(5-11(10)18(24)28)6-21-19-22-12-7-20-8-14(12)29-19/h1-2,5,13,20H,3-4,6-8H2,(H,21,22)(H,23,25,26). The fourth-order valence-electron chi connectivity index (χ4n) is 3.84. The second-order valence-corrected chi connectivity index (χ2v) is 8.26. The van der Waals surface area contributed by atoms with Crippen molar-refractivity contribution in [1.82, 2.24) is 20.5 Å². The van der Waals surface area contributed by atoms with Crippen LogP contribution in [-0.2, 0) is 29.2 Å². The molecule has 0 radical (unpaired) electrons. The van der Waals surface area contributed by atoms with Crippen LogP contribution in [0.25, 0.3) is 0 Å². The van der Waals surface area contributed by atoms with E-state index in [1.54, 1.807) is 29.5 Å². The Morgan fingerprint density at radius 3 is 2.76 bits per heavy atom. The molecule has 2 aromatic rings. The molecule has 0 bridgehead atoms. The third-order valence-corrected chi connectivity index (χ3v) is 6.36. The third kappa shape index (κ3) is 3.00. The van der Waals surface area contributed by atoms with Crippen molar-refractivity contribution in [2.75, 3.05) is 5.32 Å². The highest BCUT2D eigenvalue weighted by atomic mass is 32.1. The van der Waals surface area contributed by atoms with Crippen molar-refractivity contribution in [3.8, 4) is 0 Å². The molecule has 1 fully saturated rings. The number of benzene rings is 1. The van der Waals surface area contributed by atoms with E-state index >= 15 is 0 Å². The van der Waals surface area contributed by atoms with Gasteiger partial charge in [-0.3, -0.25) is 29.4 Å². The number of aromatic nitrogens is 1. The molecule has 3 aliphatic heterocycles. The number of carbonyl (C=O) groups excluding carboxylic acids is 4. The van der Waals surface area contributed by atoms with Gasteiger partial charge in [-0.2, -0.15) is 0 Å². The third-order valence-electron chi connectivity index (χ3n) is 5.30. The van der Waals surface area contributed by atoms with Gasteiger partial charge in [0.15, 0.2) is 5.13 Å². The first kappa shape index (κ1) is 18.0. The second kappa shape index (κ2) is 6.75. The van der Waals surface area contributed by atoms with Gasteiger partial charge in [0.25, 0.3) is 11.8 Å². The number of piperidine rings is 1. The molecule has 0 saturated carbocycles. The van der Waals surface area contributed by atoms with Crippen LogP contribution in [0.3, 0.4) is 0 Å². The first-order chi connectivity index (χ1) is 14.0. The Morgan fingerprint density at radius 1 is 1.14 bits per heavy atom. The van der Waals surface area contributed by atoms with Crippen LogP contribution in [0.4, 0.5) is 5.13 Å². The normalized spacial score (nSPS) is 20.7. The van der Waals surface area contributed by atoms with Gasteiger partial charge in [-0.25, -0.2) is 4.98 Å². The van der Waals surface area contributed by atoms with E-state index in [-0.39, 0.29) is 29.9 Å². The summed E-state index contributed by atoms with van der Waals surface area (Å²) in [4.78, 5) is 55.8. The molecule has 4 amide bonds. The first-order valence-electron chi connectivity index (χ1n) is 9.29. The number of nitrogens with zero attached hydrogens (tertiary/aromatic N) is 2. The molecule has 1 aromatic carbocycles. The quantitative estimate of drug-likeness (QED) is 0.635. The van der Waals surface area contributed by atoms with Crippen LogP contribution in [0.15, 0.2) is 18.2 Å². The smallest absolute Gasteiger partial charge is 0.262 e. The number of hydrogen-bond donors (Lipinski definition) is 3. The highest BCUT2D eigenvalue weighted by Gasteiger charge is 2.44. The Bertz CT molecular complexity index is 1060. The van der Waals surface area contributed by atoms with E-state index < -0.39 is 23.8 Å². The van der Waals surface area contributed by atoms with Crippen molar-refractivity contribution in [1.29, 1.82) is 0 Å². The van der Waals surface area contributed by atoms with Crippen molar-refractivity contribution in [2.45, 2.75) is 38.5 Å². The summed E-state index contributed by atoms with van der Waals surface area (Å²) in [5, 5.41) is 9.52. The van der Waals surface area contributed by atoms with E-state index in [2.05, 4.69) is 20.9 Å². The molecule has 29 heavy (non-hydrogen) atoms. The molecule has 3 aliphatic rings. The molecule has 9 nitrogen and oxygen atoms in total. The first-order valence-corrected chi connectivity index (χ1v) is 10.1. The van der Waals surface area contributed by atoms with Gasteiger partial charge >= 0.3 is 0 Å². The Morgan fingerprint density at radius 2 is 1.97 bits per heavy atom. The zero-order valence-corrected chi connectivity index (χ0v) is 16.1. The average Bonchev–Trinajstić information content (AvgIpc) is 3.35. The van der Waals surface area contributed by atoms with Crippen LogP contribution in [0.5, 0.6) is 0 Å². The number of fused-ring (bicyclic) bond motifs is 2. The summed E-state index contributed by atoms with van der Waals surface area (Å²) in [5.41, 5.74) is 2.46. The molecule has 4 heterocycles. The van der Waals surface area contributed by atoms with Crippen molar-refractivity contribution in [2.24, 2.45) is 0 Å². The summed E-state index contributed by atoms with van der Waals surface area (Å²) in [5.74, 6) is -1.99. The molecule has 0 aliphatic carbocycles. The molecule has 1 atom stereocenters. The Kier molecular flexibility index (Phi) is 4.18. The summed E-state index contributed by atoms with van der Waals surface area (Å²) >= 11 is 1.60. The van der Waals surface area contributed by atoms with Gasteiger partial charge in [0, 0.05) is 30.9 Å². The minimum atomic E-state index is -0.951. The number of hydrogen-bond acceptors (Lipinski definition) is 8. The number of carbonyl (C=O) groups is 4. The molecule has 10 heteroatoms. The minimum Gasteiger partial charge on any atom is -0.357 e. The van der Waals surface area contributed by atoms with Gasteiger partial charge in [-0.05, 0) is 24.1 Å². The van der Waals surface area contributed by atoms with E-state index in [1.807, 2.05) is 0 Å². The lowest BCUT2D eigenvalue weighted by molar-refractivity contribution is -0.136. The highest BCUT2D eigenvalue weighted by molar-refractivity contribution is 7.15. The molecular formula is C19H17N5O4S. The maximum absolute atomic E-state index is 12.9. The van der Waals surface area contributed by atoms with Gasteiger partial charge in [-0.1, -0.05) is 6.07 Å². The van der Waals surface area contributed by atoms with Gasteiger partial charge in [0.05, 0.1) is 16.8 Å². The van der Waals surface area contributed by atoms with E-state index in [1.165, 1.54) is 4.88 Å². The number of thiazole rings is 1. The predicted molar refractivity (Wildman–Crippen MR) is 103 cm³/mol. The number of anilines is 1. The summed E-state index contributed by atoms with van der Waals surface area (Å²) in [6.45, 7) is 2.08. The number of rotatable bonds is 4. The molecule has 0 spiro atoms. The fraction of sp³-hybridized carbons (Fsp3) is 0.316. The number of imide groups is 2. The van der Waals surface area contributed by atoms with Crippen LogP contribution in [-0.4, -0.2) is 39.6 Å². The number of nitrogens with one attached hydrogen (secondary N) is 3. The molecule has 1 aromatic heterocycles. The molecule has 3 N–H and O–H groups in total. The SMILES string of the molecule is O=C1CCC(N2C(=O)c3ccc(CNc4nc5c(s4)CNC5)cc3C2=O)C(=O)N1. The van der Waals surface area contributed by atoms with Crippen LogP contribution >= 0.6 is 11.3 Å². The zero-order valence-electron chi connectivity index (χ0n) is 15.3. The lowest BCUT2D eigenvalue weighted by Crippen LogP contribution is -2.54. The monoisotopic (exact) mass is 411 g/mol. The van der Waals surface area contributed by atoms with Gasteiger partial charge in [0.2, 0.25) is 11.8 Å². The lowest BCUT2D eigenvalue weighted by atomic mass is 10.0. The van der Waals surface area contributed by atoms with Crippen molar-refractivity contribution >= 4 is 40.1 Å². The topological polar surface area (TPSA) is 120 Å². The van der Waals surface area contributed by atoms with Crippen molar-refractivity contribution in [3.63, 3.8) is 0 Å². The Hall–Kier alpha value is -3.11. The summed E-state index contributed by atoms with van der Waals surface area (Å²) in [6, 6.07) is 4.13. The summed E-state index contributed by atoms with van der Waals surface area (Å²) < 4.78 is 0. The van der Waals surface area contributed by atoms with Gasteiger partial charge < -0.3 is 10.6 Å². The van der Waals surface area contributed by atoms with Crippen LogP contribution in [0.1, 0.15) is 49.7 Å². The minimum absolute atomic E-state index is 0.103. The van der Waals surface area contributed by atoms with Crippen LogP contribution < -0.4 is 16.0 Å². The highest BCUT2D eigenvalue weighted by Crippen LogP contribution is 2.29. The lowest BCUT2D eigenvalue weighted by Gasteiger charge is -2.27. The van der Waals surface area contributed by atoms with Gasteiger partial charge in [-0.15, -0.1) is 11.3 Å². The fourth-order valence-corrected chi connectivity index (χ4v) is 4.78. The van der Waals surface area contributed by atoms with E-state index in [4.69, 9.17) is 0 Å². The van der Waals surface area contributed by atoms with Gasteiger partial charge in [0.1, 0.15) is 6.04 Å². The second-order valence-electron chi connectivity index (χ2n) is 7.17. The maximum Gasteiger partial charge on any atom is 0.262 e.